The van der Waals surface area contributed by atoms with Crippen LogP contribution in [-0.2, 0) is 0 Å². The Morgan fingerprint density at radius 2 is 1.85 bits per heavy atom. The van der Waals surface area contributed by atoms with Gasteiger partial charge in [-0.1, -0.05) is 47.6 Å². The van der Waals surface area contributed by atoms with Gasteiger partial charge in [-0.3, -0.25) is 4.90 Å². The van der Waals surface area contributed by atoms with Crippen molar-refractivity contribution in [1.29, 1.82) is 0 Å². The molecule has 1 aromatic carbocycles. The zero-order chi connectivity index (χ0) is 14.1. The van der Waals surface area contributed by atoms with Crippen LogP contribution in [0.25, 0.3) is 0 Å². The lowest BCUT2D eigenvalue weighted by atomic mass is 9.98. The molecule has 2 fully saturated rings. The molecule has 2 nitrogen and oxygen atoms in total. The molecule has 1 aliphatic carbocycles. The third kappa shape index (κ3) is 3.42. The van der Waals surface area contributed by atoms with Gasteiger partial charge in [0.1, 0.15) is 0 Å². The maximum Gasteiger partial charge on any atom is 0.0641 e. The lowest BCUT2D eigenvalue weighted by Gasteiger charge is -2.36. The average molecular weight is 334 g/mol. The first-order chi connectivity index (χ1) is 9.65. The molecular formula is C15H19Cl3N2. The number of piperazine rings is 1. The summed E-state index contributed by atoms with van der Waals surface area (Å²) in [7, 11) is 0. The maximum absolute atomic E-state index is 6.45. The summed E-state index contributed by atoms with van der Waals surface area (Å²) in [5.74, 6) is 0.837. The van der Waals surface area contributed by atoms with Crippen LogP contribution < -0.4 is 5.32 Å². The van der Waals surface area contributed by atoms with E-state index in [0.717, 1.165) is 44.1 Å². The quantitative estimate of drug-likeness (QED) is 0.822. The Morgan fingerprint density at radius 3 is 2.50 bits per heavy atom. The molecule has 2 aliphatic rings. The van der Waals surface area contributed by atoms with Crippen LogP contribution in [-0.4, -0.2) is 31.1 Å². The van der Waals surface area contributed by atoms with E-state index < -0.39 is 0 Å². The summed E-state index contributed by atoms with van der Waals surface area (Å²) < 4.78 is 0. The molecule has 0 aromatic heterocycles. The van der Waals surface area contributed by atoms with Gasteiger partial charge >= 0.3 is 0 Å². The largest absolute Gasteiger partial charge is 0.314 e. The molecule has 1 saturated carbocycles. The summed E-state index contributed by atoms with van der Waals surface area (Å²) in [4.78, 5) is 2.52. The lowest BCUT2D eigenvalue weighted by molar-refractivity contribution is 0.160. The fourth-order valence-corrected chi connectivity index (χ4v) is 3.70. The summed E-state index contributed by atoms with van der Waals surface area (Å²) in [6, 6.07) is 4.06. The Bertz CT molecular complexity index is 482. The molecule has 1 saturated heterocycles. The van der Waals surface area contributed by atoms with Crippen molar-refractivity contribution in [3.8, 4) is 0 Å². The van der Waals surface area contributed by atoms with Gasteiger partial charge in [0.25, 0.3) is 0 Å². The first-order valence-electron chi connectivity index (χ1n) is 7.24. The lowest BCUT2D eigenvalue weighted by Crippen LogP contribution is -2.45. The van der Waals surface area contributed by atoms with Gasteiger partial charge in [-0.15, -0.1) is 0 Å². The van der Waals surface area contributed by atoms with Crippen molar-refractivity contribution in [1.82, 2.24) is 10.2 Å². The van der Waals surface area contributed by atoms with E-state index in [-0.39, 0.29) is 0 Å². The van der Waals surface area contributed by atoms with E-state index in [1.165, 1.54) is 12.8 Å². The summed E-state index contributed by atoms with van der Waals surface area (Å²) in [6.07, 6.45) is 3.85. The molecule has 0 unspecified atom stereocenters. The van der Waals surface area contributed by atoms with Gasteiger partial charge in [-0.25, -0.2) is 0 Å². The zero-order valence-electron chi connectivity index (χ0n) is 11.3. The smallest absolute Gasteiger partial charge is 0.0641 e. The molecule has 1 aromatic rings. The molecule has 3 rings (SSSR count). The molecule has 1 atom stereocenters. The van der Waals surface area contributed by atoms with E-state index in [1.807, 2.05) is 6.07 Å². The third-order valence-corrected chi connectivity index (χ3v) is 5.26. The predicted molar refractivity (Wildman–Crippen MR) is 86.0 cm³/mol. The van der Waals surface area contributed by atoms with Gasteiger partial charge in [0.05, 0.1) is 10.0 Å². The van der Waals surface area contributed by atoms with Crippen LogP contribution in [0, 0.1) is 5.92 Å². The number of nitrogens with one attached hydrogen (secondary N) is 1. The monoisotopic (exact) mass is 332 g/mol. The van der Waals surface area contributed by atoms with E-state index in [9.17, 15) is 0 Å². The van der Waals surface area contributed by atoms with Crippen LogP contribution in [0.15, 0.2) is 12.1 Å². The minimum atomic E-state index is 0.341. The summed E-state index contributed by atoms with van der Waals surface area (Å²) in [5, 5.41) is 5.30. The number of benzene rings is 1. The first-order valence-corrected chi connectivity index (χ1v) is 8.37. The number of halogens is 3. The minimum absolute atomic E-state index is 0.341. The van der Waals surface area contributed by atoms with E-state index in [1.54, 1.807) is 6.07 Å². The number of nitrogens with zero attached hydrogens (tertiary/aromatic N) is 1. The highest BCUT2D eigenvalue weighted by molar-refractivity contribution is 6.43. The van der Waals surface area contributed by atoms with Gasteiger partial charge in [0.2, 0.25) is 0 Å². The fourth-order valence-electron chi connectivity index (χ4n) is 2.95. The Kier molecular flexibility index (Phi) is 4.79. The van der Waals surface area contributed by atoms with Gasteiger partial charge in [0.15, 0.2) is 0 Å². The molecule has 20 heavy (non-hydrogen) atoms. The Morgan fingerprint density at radius 1 is 1.15 bits per heavy atom. The van der Waals surface area contributed by atoms with Crippen molar-refractivity contribution >= 4 is 34.8 Å². The van der Waals surface area contributed by atoms with E-state index in [0.29, 0.717) is 21.1 Å². The van der Waals surface area contributed by atoms with Gasteiger partial charge in [0, 0.05) is 37.2 Å². The minimum Gasteiger partial charge on any atom is -0.314 e. The zero-order valence-corrected chi connectivity index (χ0v) is 13.6. The van der Waals surface area contributed by atoms with Crippen molar-refractivity contribution in [3.05, 3.63) is 32.8 Å². The summed E-state index contributed by atoms with van der Waals surface area (Å²) >= 11 is 18.8. The molecule has 110 valence electrons. The highest BCUT2D eigenvalue weighted by Crippen LogP contribution is 2.43. The third-order valence-electron chi connectivity index (χ3n) is 4.23. The molecule has 1 N–H and O–H groups in total. The SMILES string of the molecule is Clc1cc(Cl)c(Cl)c([C@H](CC2CC2)N2CCNCC2)c1. The Hall–Kier alpha value is 0.01000. The van der Waals surface area contributed by atoms with Gasteiger partial charge < -0.3 is 5.32 Å². The van der Waals surface area contributed by atoms with Gasteiger partial charge in [-0.05, 0) is 30.0 Å². The molecule has 1 aliphatic heterocycles. The van der Waals surface area contributed by atoms with Crippen molar-refractivity contribution < 1.29 is 0 Å². The predicted octanol–water partition coefficient (Wildman–Crippen LogP) is 4.39. The standard InChI is InChI=1S/C15H19Cl3N2/c16-11-8-12(15(18)13(17)9-11)14(7-10-1-2-10)20-5-3-19-4-6-20/h8-10,14,19H,1-7H2/t14-/m0/s1. The van der Waals surface area contributed by atoms with Crippen LogP contribution in [0.5, 0.6) is 0 Å². The van der Waals surface area contributed by atoms with Crippen molar-refractivity contribution in [2.75, 3.05) is 26.2 Å². The second kappa shape index (κ2) is 6.41. The van der Waals surface area contributed by atoms with Crippen molar-refractivity contribution in [2.45, 2.75) is 25.3 Å². The van der Waals surface area contributed by atoms with Crippen LogP contribution in [0.4, 0.5) is 0 Å². The van der Waals surface area contributed by atoms with E-state index >= 15 is 0 Å². The number of hydrogen-bond donors (Lipinski definition) is 1. The van der Waals surface area contributed by atoms with E-state index in [2.05, 4.69) is 10.2 Å². The first kappa shape index (κ1) is 14.9. The molecule has 5 heteroatoms. The molecule has 0 spiro atoms. The van der Waals surface area contributed by atoms with Gasteiger partial charge in [-0.2, -0.15) is 0 Å². The fraction of sp³-hybridized carbons (Fsp3) is 0.600. The molecule has 0 radical (unpaired) electrons. The van der Waals surface area contributed by atoms with Crippen LogP contribution >= 0.6 is 34.8 Å². The van der Waals surface area contributed by atoms with Crippen LogP contribution in [0.1, 0.15) is 30.9 Å². The average Bonchev–Trinajstić information content (AvgIpc) is 3.25. The highest BCUT2D eigenvalue weighted by Gasteiger charge is 2.32. The second-order valence-corrected chi connectivity index (χ2v) is 6.99. The van der Waals surface area contributed by atoms with Crippen molar-refractivity contribution in [3.63, 3.8) is 0 Å². The molecule has 1 heterocycles. The maximum atomic E-state index is 6.45. The molecule has 0 bridgehead atoms. The number of rotatable bonds is 4. The topological polar surface area (TPSA) is 15.3 Å². The van der Waals surface area contributed by atoms with E-state index in [4.69, 9.17) is 34.8 Å². The molecule has 0 amide bonds. The second-order valence-electron chi connectivity index (χ2n) is 5.77. The van der Waals surface area contributed by atoms with Crippen LogP contribution in [0.3, 0.4) is 0 Å². The number of hydrogen-bond acceptors (Lipinski definition) is 2. The summed E-state index contributed by atoms with van der Waals surface area (Å²) in [6.45, 7) is 4.18. The van der Waals surface area contributed by atoms with Crippen LogP contribution in [0.2, 0.25) is 15.1 Å². The highest BCUT2D eigenvalue weighted by atomic mass is 35.5. The normalized spacial score (nSPS) is 21.9. The molecular weight excluding hydrogens is 315 g/mol. The summed E-state index contributed by atoms with van der Waals surface area (Å²) in [5.41, 5.74) is 1.10. The Balaban J connectivity index is 1.90. The Labute approximate surface area is 135 Å². The van der Waals surface area contributed by atoms with Crippen molar-refractivity contribution in [2.24, 2.45) is 5.92 Å².